The number of benzene rings is 2. The van der Waals surface area contributed by atoms with Gasteiger partial charge in [-0.15, -0.1) is 0 Å². The van der Waals surface area contributed by atoms with E-state index < -0.39 is 0 Å². The third kappa shape index (κ3) is 4.09. The minimum Gasteiger partial charge on any atom is -0.457 e. The number of methoxy groups -OCH3 is 1. The topological polar surface area (TPSA) is 44.5 Å². The lowest BCUT2D eigenvalue weighted by molar-refractivity contribution is 0.184. The van der Waals surface area contributed by atoms with Crippen LogP contribution in [0.3, 0.4) is 0 Å². The minimum absolute atomic E-state index is 0.590. The third-order valence-corrected chi connectivity index (χ3v) is 2.80. The van der Waals surface area contributed by atoms with Crippen LogP contribution in [-0.2, 0) is 17.8 Å². The van der Waals surface area contributed by atoms with Crippen molar-refractivity contribution >= 4 is 0 Å². The molecule has 2 aromatic rings. The minimum atomic E-state index is 0.590. The number of nitrogens with two attached hydrogens (primary N) is 1. The molecule has 3 nitrogen and oxygen atoms in total. The van der Waals surface area contributed by atoms with Gasteiger partial charge < -0.3 is 15.2 Å². The molecule has 0 aliphatic rings. The van der Waals surface area contributed by atoms with Crippen LogP contribution in [0.5, 0.6) is 11.5 Å². The van der Waals surface area contributed by atoms with E-state index in [1.165, 1.54) is 5.56 Å². The highest BCUT2D eigenvalue weighted by atomic mass is 16.5. The van der Waals surface area contributed by atoms with Crippen molar-refractivity contribution in [2.45, 2.75) is 13.0 Å². The Morgan fingerprint density at radius 3 is 2.42 bits per heavy atom. The highest BCUT2D eigenvalue weighted by Crippen LogP contribution is 2.22. The summed E-state index contributed by atoms with van der Waals surface area (Å²) in [6.45, 7) is 1.26. The first-order valence-electron chi connectivity index (χ1n) is 6.36. The fourth-order valence-corrected chi connectivity index (χ4v) is 1.89. The fourth-order valence-electron chi connectivity index (χ4n) is 1.89. The Bertz CT molecular complexity index is 508. The van der Waals surface area contributed by atoms with Gasteiger partial charge in [0.05, 0.1) is 6.61 Å². The molecule has 0 heterocycles. The zero-order valence-electron chi connectivity index (χ0n) is 11.1. The monoisotopic (exact) mass is 257 g/mol. The smallest absolute Gasteiger partial charge is 0.127 e. The number of rotatable bonds is 6. The largest absolute Gasteiger partial charge is 0.457 e. The first kappa shape index (κ1) is 13.6. The molecule has 0 aromatic heterocycles. The van der Waals surface area contributed by atoms with Crippen LogP contribution in [0.15, 0.2) is 48.5 Å². The van der Waals surface area contributed by atoms with E-state index in [0.717, 1.165) is 23.5 Å². The van der Waals surface area contributed by atoms with Gasteiger partial charge in [0.15, 0.2) is 0 Å². The van der Waals surface area contributed by atoms with Gasteiger partial charge in [-0.2, -0.15) is 0 Å². The summed E-state index contributed by atoms with van der Waals surface area (Å²) in [5.74, 6) is 1.65. The summed E-state index contributed by atoms with van der Waals surface area (Å²) in [6.07, 6.45) is 0.892. The zero-order chi connectivity index (χ0) is 13.5. The molecule has 0 bridgehead atoms. The van der Waals surface area contributed by atoms with E-state index in [0.29, 0.717) is 13.2 Å². The van der Waals surface area contributed by atoms with E-state index >= 15 is 0 Å². The molecule has 3 heteroatoms. The van der Waals surface area contributed by atoms with Gasteiger partial charge in [0.25, 0.3) is 0 Å². The Kier molecular flexibility index (Phi) is 4.95. The summed E-state index contributed by atoms with van der Waals surface area (Å²) in [4.78, 5) is 0. The second kappa shape index (κ2) is 6.92. The fraction of sp³-hybridized carbons (Fsp3) is 0.250. The van der Waals surface area contributed by atoms with Crippen molar-refractivity contribution in [3.05, 3.63) is 59.7 Å². The van der Waals surface area contributed by atoms with Crippen LogP contribution in [0, 0.1) is 0 Å². The average molecular weight is 257 g/mol. The average Bonchev–Trinajstić information content (AvgIpc) is 2.42. The molecule has 0 atom stereocenters. The van der Waals surface area contributed by atoms with Gasteiger partial charge in [0, 0.05) is 7.11 Å². The Balaban J connectivity index is 2.05. The SMILES string of the molecule is COCc1cccc(Oc2ccc(CCN)cc2)c1. The highest BCUT2D eigenvalue weighted by Gasteiger charge is 1.99. The molecule has 0 unspecified atom stereocenters. The van der Waals surface area contributed by atoms with Crippen LogP contribution in [0.1, 0.15) is 11.1 Å². The van der Waals surface area contributed by atoms with E-state index in [2.05, 4.69) is 0 Å². The quantitative estimate of drug-likeness (QED) is 0.864. The van der Waals surface area contributed by atoms with Crippen LogP contribution in [0.25, 0.3) is 0 Å². The van der Waals surface area contributed by atoms with Crippen LogP contribution in [0.2, 0.25) is 0 Å². The van der Waals surface area contributed by atoms with Gasteiger partial charge in [0.2, 0.25) is 0 Å². The summed E-state index contributed by atoms with van der Waals surface area (Å²) in [5.41, 5.74) is 7.85. The molecule has 2 rings (SSSR count). The Morgan fingerprint density at radius 1 is 0.947 bits per heavy atom. The molecule has 0 spiro atoms. The van der Waals surface area contributed by atoms with Crippen molar-refractivity contribution in [3.8, 4) is 11.5 Å². The molecule has 0 fully saturated rings. The molecule has 19 heavy (non-hydrogen) atoms. The standard InChI is InChI=1S/C16H19NO2/c1-18-12-14-3-2-4-16(11-14)19-15-7-5-13(6-8-15)9-10-17/h2-8,11H,9-10,12,17H2,1H3. The molecule has 0 saturated carbocycles. The maximum absolute atomic E-state index is 5.81. The predicted octanol–water partition coefficient (Wildman–Crippen LogP) is 3.13. The summed E-state index contributed by atoms with van der Waals surface area (Å²) < 4.78 is 10.9. The van der Waals surface area contributed by atoms with E-state index in [-0.39, 0.29) is 0 Å². The Morgan fingerprint density at radius 2 is 1.74 bits per heavy atom. The normalized spacial score (nSPS) is 10.4. The molecule has 0 amide bonds. The molecule has 0 aliphatic heterocycles. The molecule has 0 saturated heterocycles. The van der Waals surface area contributed by atoms with Crippen molar-refractivity contribution in [2.24, 2.45) is 5.73 Å². The van der Waals surface area contributed by atoms with Crippen LogP contribution in [-0.4, -0.2) is 13.7 Å². The number of hydrogen-bond donors (Lipinski definition) is 1. The van der Waals surface area contributed by atoms with Gasteiger partial charge in [-0.05, 0) is 48.4 Å². The Hall–Kier alpha value is -1.84. The summed E-state index contributed by atoms with van der Waals surface area (Å²) in [7, 11) is 1.68. The van der Waals surface area contributed by atoms with Gasteiger partial charge in [-0.3, -0.25) is 0 Å². The van der Waals surface area contributed by atoms with Gasteiger partial charge in [-0.25, -0.2) is 0 Å². The zero-order valence-corrected chi connectivity index (χ0v) is 11.1. The molecule has 0 aliphatic carbocycles. The third-order valence-electron chi connectivity index (χ3n) is 2.80. The van der Waals surface area contributed by atoms with Crippen LogP contribution < -0.4 is 10.5 Å². The summed E-state index contributed by atoms with van der Waals surface area (Å²) in [5, 5.41) is 0. The molecule has 0 radical (unpaired) electrons. The van der Waals surface area contributed by atoms with E-state index in [4.69, 9.17) is 15.2 Å². The van der Waals surface area contributed by atoms with Crippen LogP contribution >= 0.6 is 0 Å². The van der Waals surface area contributed by atoms with Crippen molar-refractivity contribution in [1.82, 2.24) is 0 Å². The molecular weight excluding hydrogens is 238 g/mol. The highest BCUT2D eigenvalue weighted by molar-refractivity contribution is 5.35. The van der Waals surface area contributed by atoms with Crippen molar-refractivity contribution in [3.63, 3.8) is 0 Å². The van der Waals surface area contributed by atoms with Gasteiger partial charge in [-0.1, -0.05) is 24.3 Å². The number of ether oxygens (including phenoxy) is 2. The van der Waals surface area contributed by atoms with Gasteiger partial charge in [0.1, 0.15) is 11.5 Å². The maximum atomic E-state index is 5.81. The summed E-state index contributed by atoms with van der Waals surface area (Å²) >= 11 is 0. The Labute approximate surface area is 114 Å². The van der Waals surface area contributed by atoms with Crippen LogP contribution in [0.4, 0.5) is 0 Å². The van der Waals surface area contributed by atoms with Crippen molar-refractivity contribution < 1.29 is 9.47 Å². The molecule has 2 aromatic carbocycles. The lowest BCUT2D eigenvalue weighted by Gasteiger charge is -2.08. The van der Waals surface area contributed by atoms with Crippen molar-refractivity contribution in [1.29, 1.82) is 0 Å². The molecule has 2 N–H and O–H groups in total. The lowest BCUT2D eigenvalue weighted by atomic mass is 10.1. The molecule has 100 valence electrons. The molecular formula is C16H19NO2. The van der Waals surface area contributed by atoms with Crippen molar-refractivity contribution in [2.75, 3.05) is 13.7 Å². The van der Waals surface area contributed by atoms with E-state index in [1.54, 1.807) is 7.11 Å². The van der Waals surface area contributed by atoms with E-state index in [1.807, 2.05) is 48.5 Å². The predicted molar refractivity (Wildman–Crippen MR) is 76.4 cm³/mol. The van der Waals surface area contributed by atoms with E-state index in [9.17, 15) is 0 Å². The second-order valence-electron chi connectivity index (χ2n) is 4.37. The summed E-state index contributed by atoms with van der Waals surface area (Å²) in [6, 6.07) is 15.9. The number of hydrogen-bond acceptors (Lipinski definition) is 3. The second-order valence-corrected chi connectivity index (χ2v) is 4.37. The lowest BCUT2D eigenvalue weighted by Crippen LogP contribution is -2.02. The van der Waals surface area contributed by atoms with Gasteiger partial charge >= 0.3 is 0 Å². The first-order valence-corrected chi connectivity index (χ1v) is 6.36. The first-order chi connectivity index (χ1) is 9.31. The maximum Gasteiger partial charge on any atom is 0.127 e.